The minimum atomic E-state index is -0.305. The van der Waals surface area contributed by atoms with Crippen molar-refractivity contribution >= 4 is 34.7 Å². The summed E-state index contributed by atoms with van der Waals surface area (Å²) in [5.74, 6) is -0.305. The van der Waals surface area contributed by atoms with E-state index < -0.39 is 0 Å². The molecule has 0 saturated heterocycles. The Morgan fingerprint density at radius 2 is 2.07 bits per heavy atom. The summed E-state index contributed by atoms with van der Waals surface area (Å²) < 4.78 is 5.04. The third-order valence-corrected chi connectivity index (χ3v) is 5.44. The van der Waals surface area contributed by atoms with E-state index in [9.17, 15) is 4.79 Å². The van der Waals surface area contributed by atoms with Crippen molar-refractivity contribution < 1.29 is 9.53 Å². The molecule has 2 aromatic rings. The average Bonchev–Trinajstić information content (AvgIpc) is 3.02. The van der Waals surface area contributed by atoms with Crippen LogP contribution in [0.4, 0.5) is 11.4 Å². The van der Waals surface area contributed by atoms with E-state index in [4.69, 9.17) is 17.0 Å². The summed E-state index contributed by atoms with van der Waals surface area (Å²) in [5.41, 5.74) is 5.18. The summed E-state index contributed by atoms with van der Waals surface area (Å²) in [6.45, 7) is 8.20. The number of carbonyl (C=O) groups is 1. The number of rotatable bonds is 7. The molecule has 1 heterocycles. The zero-order chi connectivity index (χ0) is 20.8. The van der Waals surface area contributed by atoms with Crippen LogP contribution < -0.4 is 15.5 Å². The molecule has 3 rings (SSSR count). The summed E-state index contributed by atoms with van der Waals surface area (Å²) in [5, 5.41) is 7.09. The van der Waals surface area contributed by atoms with Gasteiger partial charge in [-0.15, -0.1) is 0 Å². The van der Waals surface area contributed by atoms with Crippen molar-refractivity contribution in [2.24, 2.45) is 0 Å². The summed E-state index contributed by atoms with van der Waals surface area (Å²) in [6.07, 6.45) is 2.12. The van der Waals surface area contributed by atoms with Gasteiger partial charge in [0.25, 0.3) is 0 Å². The smallest absolute Gasteiger partial charge is 0.338 e. The van der Waals surface area contributed by atoms with E-state index in [1.807, 2.05) is 19.1 Å². The molecule has 0 aliphatic carbocycles. The fraction of sp³-hybridized carbons (Fsp3) is 0.391. The zero-order valence-corrected chi connectivity index (χ0v) is 18.1. The maximum Gasteiger partial charge on any atom is 0.338 e. The molecule has 0 aromatic heterocycles. The van der Waals surface area contributed by atoms with Crippen LogP contribution in [0.3, 0.4) is 0 Å². The van der Waals surface area contributed by atoms with Gasteiger partial charge in [0.2, 0.25) is 0 Å². The van der Waals surface area contributed by atoms with E-state index in [1.165, 1.54) is 11.3 Å². The summed E-state index contributed by atoms with van der Waals surface area (Å²) >= 11 is 5.43. The minimum Gasteiger partial charge on any atom is -0.462 e. The van der Waals surface area contributed by atoms with Gasteiger partial charge in [-0.25, -0.2) is 4.79 Å². The number of fused-ring (bicyclic) bond motifs is 1. The third kappa shape index (κ3) is 5.26. The fourth-order valence-corrected chi connectivity index (χ4v) is 3.95. The van der Waals surface area contributed by atoms with Crippen LogP contribution in [-0.2, 0) is 11.2 Å². The number of carbonyl (C=O) groups excluding carboxylic acids is 1. The van der Waals surface area contributed by atoms with Crippen molar-refractivity contribution in [2.45, 2.75) is 39.7 Å². The van der Waals surface area contributed by atoms with E-state index in [0.717, 1.165) is 37.2 Å². The Bertz CT molecular complexity index is 884. The van der Waals surface area contributed by atoms with Crippen molar-refractivity contribution in [2.75, 3.05) is 29.9 Å². The van der Waals surface area contributed by atoms with Crippen molar-refractivity contribution in [3.8, 4) is 0 Å². The van der Waals surface area contributed by atoms with Crippen LogP contribution in [0.5, 0.6) is 0 Å². The van der Waals surface area contributed by atoms with Crippen molar-refractivity contribution in [3.63, 3.8) is 0 Å². The molecule has 0 fully saturated rings. The number of benzene rings is 2. The first-order chi connectivity index (χ1) is 14.0. The van der Waals surface area contributed by atoms with Crippen LogP contribution in [0.1, 0.15) is 41.8 Å². The number of ether oxygens (including phenoxy) is 1. The van der Waals surface area contributed by atoms with Gasteiger partial charge >= 0.3 is 5.97 Å². The van der Waals surface area contributed by atoms with Gasteiger partial charge in [0.15, 0.2) is 5.11 Å². The Hall–Kier alpha value is -2.60. The SMILES string of the molecule is CCOC(=O)c1ccc(NC(=S)NCCCN2c3ccccc3CC2C)c(C)c1. The van der Waals surface area contributed by atoms with E-state index in [-0.39, 0.29) is 5.97 Å². The number of anilines is 2. The van der Waals surface area contributed by atoms with Crippen LogP contribution in [0.25, 0.3) is 0 Å². The van der Waals surface area contributed by atoms with Crippen molar-refractivity contribution in [1.82, 2.24) is 5.32 Å². The van der Waals surface area contributed by atoms with Gasteiger partial charge in [-0.1, -0.05) is 18.2 Å². The molecule has 0 bridgehead atoms. The highest BCUT2D eigenvalue weighted by atomic mass is 32.1. The van der Waals surface area contributed by atoms with E-state index in [2.05, 4.69) is 46.7 Å². The zero-order valence-electron chi connectivity index (χ0n) is 17.3. The molecule has 1 aliphatic rings. The van der Waals surface area contributed by atoms with Crippen LogP contribution >= 0.6 is 12.2 Å². The number of nitrogens with one attached hydrogen (secondary N) is 2. The van der Waals surface area contributed by atoms with E-state index >= 15 is 0 Å². The monoisotopic (exact) mass is 411 g/mol. The Balaban J connectivity index is 1.45. The fourth-order valence-electron chi connectivity index (χ4n) is 3.73. The highest BCUT2D eigenvalue weighted by Gasteiger charge is 2.24. The summed E-state index contributed by atoms with van der Waals surface area (Å²) in [7, 11) is 0. The molecule has 0 amide bonds. The first-order valence-electron chi connectivity index (χ1n) is 10.2. The molecular weight excluding hydrogens is 382 g/mol. The number of thiocarbonyl (C=S) groups is 1. The largest absolute Gasteiger partial charge is 0.462 e. The number of para-hydroxylation sites is 1. The highest BCUT2D eigenvalue weighted by Crippen LogP contribution is 2.31. The van der Waals surface area contributed by atoms with Crippen LogP contribution in [0.2, 0.25) is 0 Å². The second kappa shape index (κ2) is 9.74. The molecule has 1 atom stereocenters. The van der Waals surface area contributed by atoms with Gasteiger partial charge in [-0.3, -0.25) is 0 Å². The molecule has 2 N–H and O–H groups in total. The lowest BCUT2D eigenvalue weighted by Crippen LogP contribution is -2.34. The van der Waals surface area contributed by atoms with Gasteiger partial charge in [-0.05, 0) is 81.2 Å². The number of aryl methyl sites for hydroxylation is 1. The Morgan fingerprint density at radius 3 is 2.83 bits per heavy atom. The lowest BCUT2D eigenvalue weighted by Gasteiger charge is -2.25. The molecule has 5 nitrogen and oxygen atoms in total. The molecule has 0 spiro atoms. The van der Waals surface area contributed by atoms with Gasteiger partial charge in [0.05, 0.1) is 12.2 Å². The predicted molar refractivity (Wildman–Crippen MR) is 123 cm³/mol. The lowest BCUT2D eigenvalue weighted by molar-refractivity contribution is 0.0526. The molecule has 0 saturated carbocycles. The number of hydrogen-bond acceptors (Lipinski definition) is 4. The van der Waals surface area contributed by atoms with Gasteiger partial charge < -0.3 is 20.3 Å². The van der Waals surface area contributed by atoms with Gasteiger partial charge in [-0.2, -0.15) is 0 Å². The Morgan fingerprint density at radius 1 is 1.28 bits per heavy atom. The average molecular weight is 412 g/mol. The lowest BCUT2D eigenvalue weighted by atomic mass is 10.1. The molecular formula is C23H29N3O2S. The molecule has 154 valence electrons. The predicted octanol–water partition coefficient (Wildman–Crippen LogP) is 4.30. The van der Waals surface area contributed by atoms with Crippen LogP contribution in [-0.4, -0.2) is 36.8 Å². The Labute approximate surface area is 178 Å². The molecule has 29 heavy (non-hydrogen) atoms. The van der Waals surface area contributed by atoms with Gasteiger partial charge in [0, 0.05) is 30.5 Å². The molecule has 2 aromatic carbocycles. The molecule has 1 aliphatic heterocycles. The molecule has 0 radical (unpaired) electrons. The maximum atomic E-state index is 11.8. The molecule has 1 unspecified atom stereocenters. The quantitative estimate of drug-likeness (QED) is 0.403. The van der Waals surface area contributed by atoms with Crippen LogP contribution in [0.15, 0.2) is 42.5 Å². The standard InChI is InChI=1S/C23H29N3O2S/c1-4-28-22(27)19-10-11-20(16(2)14-19)25-23(29)24-12-7-13-26-17(3)15-18-8-5-6-9-21(18)26/h5-6,8-11,14,17H,4,7,12-13,15H2,1-3H3,(H2,24,25,29). The minimum absolute atomic E-state index is 0.305. The normalized spacial score (nSPS) is 15.0. The van der Waals surface area contributed by atoms with E-state index in [1.54, 1.807) is 13.0 Å². The molecule has 6 heteroatoms. The Kier molecular flexibility index (Phi) is 7.09. The number of nitrogens with zero attached hydrogens (tertiary/aromatic N) is 1. The third-order valence-electron chi connectivity index (χ3n) is 5.20. The van der Waals surface area contributed by atoms with Crippen LogP contribution in [0, 0.1) is 6.92 Å². The summed E-state index contributed by atoms with van der Waals surface area (Å²) in [6, 6.07) is 14.6. The van der Waals surface area contributed by atoms with Crippen molar-refractivity contribution in [1.29, 1.82) is 0 Å². The maximum absolute atomic E-state index is 11.8. The second-order valence-corrected chi connectivity index (χ2v) is 7.77. The van der Waals surface area contributed by atoms with Gasteiger partial charge in [0.1, 0.15) is 0 Å². The first kappa shape index (κ1) is 21.1. The topological polar surface area (TPSA) is 53.6 Å². The highest BCUT2D eigenvalue weighted by molar-refractivity contribution is 7.80. The summed E-state index contributed by atoms with van der Waals surface area (Å²) in [4.78, 5) is 14.3. The number of hydrogen-bond donors (Lipinski definition) is 2. The second-order valence-electron chi connectivity index (χ2n) is 7.36. The van der Waals surface area contributed by atoms with E-state index in [0.29, 0.717) is 23.3 Å². The van der Waals surface area contributed by atoms with Crippen molar-refractivity contribution in [3.05, 3.63) is 59.2 Å². The number of esters is 1. The first-order valence-corrected chi connectivity index (χ1v) is 10.6.